The summed E-state index contributed by atoms with van der Waals surface area (Å²) in [5.41, 5.74) is 0.894. The lowest BCUT2D eigenvalue weighted by Gasteiger charge is -2.29. The Morgan fingerprint density at radius 2 is 2.22 bits per heavy atom. The van der Waals surface area contributed by atoms with E-state index in [9.17, 15) is 4.79 Å². The first-order valence-electron chi connectivity index (χ1n) is 6.42. The van der Waals surface area contributed by atoms with Crippen molar-refractivity contribution < 1.29 is 9.53 Å². The summed E-state index contributed by atoms with van der Waals surface area (Å²) >= 11 is 0. The smallest absolute Gasteiger partial charge is 0.265 e. The third-order valence-corrected chi connectivity index (χ3v) is 3.32. The van der Waals surface area contributed by atoms with E-state index >= 15 is 0 Å². The molecule has 0 spiro atoms. The minimum atomic E-state index is 0.0470. The van der Waals surface area contributed by atoms with Gasteiger partial charge in [-0.2, -0.15) is 0 Å². The van der Waals surface area contributed by atoms with Gasteiger partial charge in [-0.1, -0.05) is 12.1 Å². The number of carbonyl (C=O) groups excluding carboxylic acids is 1. The van der Waals surface area contributed by atoms with E-state index in [0.29, 0.717) is 6.04 Å². The van der Waals surface area contributed by atoms with Gasteiger partial charge < -0.3 is 15.0 Å². The van der Waals surface area contributed by atoms with Crippen LogP contribution < -0.4 is 15.0 Å². The van der Waals surface area contributed by atoms with Crippen LogP contribution >= 0.6 is 0 Å². The van der Waals surface area contributed by atoms with Crippen molar-refractivity contribution in [1.29, 1.82) is 0 Å². The van der Waals surface area contributed by atoms with Crippen LogP contribution in [0, 0.1) is 0 Å². The number of anilines is 1. The first kappa shape index (κ1) is 12.9. The van der Waals surface area contributed by atoms with Crippen LogP contribution in [0.25, 0.3) is 0 Å². The quantitative estimate of drug-likeness (QED) is 0.864. The monoisotopic (exact) mass is 248 g/mol. The molecule has 1 aromatic carbocycles. The number of hydrogen-bond acceptors (Lipinski definition) is 3. The van der Waals surface area contributed by atoms with E-state index in [1.165, 1.54) is 0 Å². The van der Waals surface area contributed by atoms with Crippen molar-refractivity contribution >= 4 is 11.6 Å². The molecule has 98 valence electrons. The largest absolute Gasteiger partial charge is 0.482 e. The Balaban J connectivity index is 2.01. The molecular formula is C14H20N2O2. The van der Waals surface area contributed by atoms with Gasteiger partial charge in [0.15, 0.2) is 6.61 Å². The molecule has 2 rings (SSSR count). The molecule has 1 atom stereocenters. The predicted octanol–water partition coefficient (Wildman–Crippen LogP) is 1.80. The Morgan fingerprint density at radius 1 is 1.44 bits per heavy atom. The number of ether oxygens (including phenoxy) is 1. The summed E-state index contributed by atoms with van der Waals surface area (Å²) in [5.74, 6) is 0.851. The standard InChI is InChI=1S/C14H20N2O2/c1-11(15-2)6-5-9-16-12-7-3-4-8-13(12)18-10-14(16)17/h3-4,7-8,11,15H,5-6,9-10H2,1-2H3. The Labute approximate surface area is 108 Å². The molecule has 1 unspecified atom stereocenters. The van der Waals surface area contributed by atoms with Gasteiger partial charge in [-0.25, -0.2) is 0 Å². The average molecular weight is 248 g/mol. The minimum absolute atomic E-state index is 0.0470. The molecule has 1 heterocycles. The molecule has 0 aromatic heterocycles. The number of benzene rings is 1. The predicted molar refractivity (Wildman–Crippen MR) is 72.0 cm³/mol. The molecule has 4 heteroatoms. The van der Waals surface area contributed by atoms with Crippen molar-refractivity contribution in [2.75, 3.05) is 25.1 Å². The van der Waals surface area contributed by atoms with Crippen LogP contribution in [0.15, 0.2) is 24.3 Å². The van der Waals surface area contributed by atoms with Crippen molar-refractivity contribution in [2.24, 2.45) is 0 Å². The lowest BCUT2D eigenvalue weighted by molar-refractivity contribution is -0.121. The van der Waals surface area contributed by atoms with Crippen LogP contribution in [-0.2, 0) is 4.79 Å². The van der Waals surface area contributed by atoms with Gasteiger partial charge in [-0.05, 0) is 38.9 Å². The Hall–Kier alpha value is -1.55. The summed E-state index contributed by atoms with van der Waals surface area (Å²) in [6, 6.07) is 8.19. The van der Waals surface area contributed by atoms with Crippen molar-refractivity contribution in [3.63, 3.8) is 0 Å². The van der Waals surface area contributed by atoms with E-state index in [2.05, 4.69) is 12.2 Å². The van der Waals surface area contributed by atoms with Crippen LogP contribution in [-0.4, -0.2) is 32.1 Å². The number of rotatable bonds is 5. The van der Waals surface area contributed by atoms with E-state index in [-0.39, 0.29) is 12.5 Å². The van der Waals surface area contributed by atoms with Gasteiger partial charge in [0.2, 0.25) is 0 Å². The van der Waals surface area contributed by atoms with E-state index in [0.717, 1.165) is 30.8 Å². The summed E-state index contributed by atoms with van der Waals surface area (Å²) in [4.78, 5) is 13.7. The minimum Gasteiger partial charge on any atom is -0.482 e. The van der Waals surface area contributed by atoms with E-state index in [1.54, 1.807) is 0 Å². The third kappa shape index (κ3) is 2.82. The maximum Gasteiger partial charge on any atom is 0.265 e. The molecule has 1 aliphatic heterocycles. The first-order chi connectivity index (χ1) is 8.72. The van der Waals surface area contributed by atoms with Gasteiger partial charge in [0.1, 0.15) is 5.75 Å². The van der Waals surface area contributed by atoms with Crippen LogP contribution in [0.4, 0.5) is 5.69 Å². The number of para-hydroxylation sites is 2. The average Bonchev–Trinajstić information content (AvgIpc) is 2.41. The van der Waals surface area contributed by atoms with Crippen LogP contribution in [0.1, 0.15) is 19.8 Å². The number of hydrogen-bond donors (Lipinski definition) is 1. The second kappa shape index (κ2) is 5.87. The van der Waals surface area contributed by atoms with E-state index in [1.807, 2.05) is 36.2 Å². The topological polar surface area (TPSA) is 41.6 Å². The highest BCUT2D eigenvalue weighted by atomic mass is 16.5. The molecule has 1 aromatic rings. The summed E-state index contributed by atoms with van der Waals surface area (Å²) in [6.45, 7) is 3.05. The molecule has 0 bridgehead atoms. The van der Waals surface area contributed by atoms with Crippen LogP contribution in [0.2, 0.25) is 0 Å². The maximum atomic E-state index is 11.9. The Morgan fingerprint density at radius 3 is 3.00 bits per heavy atom. The van der Waals surface area contributed by atoms with Crippen molar-refractivity contribution in [2.45, 2.75) is 25.8 Å². The molecule has 1 amide bonds. The fourth-order valence-corrected chi connectivity index (χ4v) is 2.10. The second-order valence-electron chi connectivity index (χ2n) is 4.63. The third-order valence-electron chi connectivity index (χ3n) is 3.32. The number of fused-ring (bicyclic) bond motifs is 1. The van der Waals surface area contributed by atoms with Gasteiger partial charge in [0.25, 0.3) is 5.91 Å². The molecule has 0 fully saturated rings. The highest BCUT2D eigenvalue weighted by Gasteiger charge is 2.24. The summed E-state index contributed by atoms with van der Waals surface area (Å²) in [6.07, 6.45) is 2.05. The maximum absolute atomic E-state index is 11.9. The molecular weight excluding hydrogens is 228 g/mol. The summed E-state index contributed by atoms with van der Waals surface area (Å²) in [5, 5.41) is 3.20. The summed E-state index contributed by atoms with van der Waals surface area (Å²) in [7, 11) is 1.96. The SMILES string of the molecule is CNC(C)CCCN1C(=O)COc2ccccc21. The molecule has 0 aliphatic carbocycles. The van der Waals surface area contributed by atoms with Crippen LogP contribution in [0.3, 0.4) is 0 Å². The lowest BCUT2D eigenvalue weighted by atomic mass is 10.1. The van der Waals surface area contributed by atoms with Gasteiger partial charge >= 0.3 is 0 Å². The second-order valence-corrected chi connectivity index (χ2v) is 4.63. The molecule has 4 nitrogen and oxygen atoms in total. The Kier molecular flexibility index (Phi) is 4.20. The highest BCUT2D eigenvalue weighted by Crippen LogP contribution is 2.31. The zero-order chi connectivity index (χ0) is 13.0. The molecule has 0 radical (unpaired) electrons. The van der Waals surface area contributed by atoms with Gasteiger partial charge in [0.05, 0.1) is 5.69 Å². The zero-order valence-electron chi connectivity index (χ0n) is 11.0. The molecule has 1 aliphatic rings. The number of amides is 1. The van der Waals surface area contributed by atoms with Gasteiger partial charge in [-0.15, -0.1) is 0 Å². The van der Waals surface area contributed by atoms with Crippen molar-refractivity contribution in [3.8, 4) is 5.75 Å². The molecule has 18 heavy (non-hydrogen) atoms. The Bertz CT molecular complexity index is 420. The first-order valence-corrected chi connectivity index (χ1v) is 6.42. The fraction of sp³-hybridized carbons (Fsp3) is 0.500. The lowest BCUT2D eigenvalue weighted by Crippen LogP contribution is -2.39. The van der Waals surface area contributed by atoms with E-state index in [4.69, 9.17) is 4.74 Å². The fourth-order valence-electron chi connectivity index (χ4n) is 2.10. The van der Waals surface area contributed by atoms with Gasteiger partial charge in [-0.3, -0.25) is 4.79 Å². The summed E-state index contributed by atoms with van der Waals surface area (Å²) < 4.78 is 5.41. The number of nitrogens with one attached hydrogen (secondary N) is 1. The highest BCUT2D eigenvalue weighted by molar-refractivity contribution is 5.97. The van der Waals surface area contributed by atoms with Crippen LogP contribution in [0.5, 0.6) is 5.75 Å². The molecule has 0 saturated heterocycles. The number of nitrogens with zero attached hydrogens (tertiary/aromatic N) is 1. The normalized spacial score (nSPS) is 16.1. The zero-order valence-corrected chi connectivity index (χ0v) is 11.0. The number of carbonyl (C=O) groups is 1. The van der Waals surface area contributed by atoms with Gasteiger partial charge in [0, 0.05) is 12.6 Å². The van der Waals surface area contributed by atoms with E-state index < -0.39 is 0 Å². The molecule has 1 N–H and O–H groups in total. The van der Waals surface area contributed by atoms with Crippen molar-refractivity contribution in [1.82, 2.24) is 5.32 Å². The molecule has 0 saturated carbocycles. The van der Waals surface area contributed by atoms with Crippen molar-refractivity contribution in [3.05, 3.63) is 24.3 Å².